The molecule has 0 saturated heterocycles. The molecular weight excluding hydrogens is 258 g/mol. The van der Waals surface area contributed by atoms with Gasteiger partial charge >= 0.3 is 5.82 Å². The van der Waals surface area contributed by atoms with Gasteiger partial charge in [0.05, 0.1) is 0 Å². The van der Waals surface area contributed by atoms with Crippen molar-refractivity contribution in [2.24, 2.45) is 7.05 Å². The van der Waals surface area contributed by atoms with Crippen molar-refractivity contribution in [3.63, 3.8) is 0 Å². The molecule has 2 rings (SSSR count). The second kappa shape index (κ2) is 5.60. The summed E-state index contributed by atoms with van der Waals surface area (Å²) in [7, 11) is 5.68. The number of hydrogen-bond donors (Lipinski definition) is 1. The molecular formula is C13H17N5O2. The predicted octanol–water partition coefficient (Wildman–Crippen LogP) is 2.01. The van der Waals surface area contributed by atoms with Crippen molar-refractivity contribution in [2.75, 3.05) is 24.3 Å². The number of anilines is 2. The molecule has 20 heavy (non-hydrogen) atoms. The largest absolute Gasteiger partial charge is 0.406 e. The van der Waals surface area contributed by atoms with E-state index >= 15 is 0 Å². The van der Waals surface area contributed by atoms with E-state index in [1.54, 1.807) is 11.6 Å². The second-order valence-electron chi connectivity index (χ2n) is 4.70. The third kappa shape index (κ3) is 2.87. The predicted molar refractivity (Wildman–Crippen MR) is 78.0 cm³/mol. The number of nitro groups is 1. The molecule has 0 amide bonds. The van der Waals surface area contributed by atoms with Crippen molar-refractivity contribution in [1.29, 1.82) is 0 Å². The van der Waals surface area contributed by atoms with Crippen LogP contribution in [0.1, 0.15) is 5.56 Å². The lowest BCUT2D eigenvalue weighted by atomic mass is 10.2. The van der Waals surface area contributed by atoms with E-state index in [9.17, 15) is 10.1 Å². The molecule has 0 aliphatic heterocycles. The van der Waals surface area contributed by atoms with E-state index in [-0.39, 0.29) is 5.82 Å². The lowest BCUT2D eigenvalue weighted by Gasteiger charge is -2.13. The Morgan fingerprint density at radius 1 is 1.35 bits per heavy atom. The lowest BCUT2D eigenvalue weighted by molar-refractivity contribution is -0.388. The van der Waals surface area contributed by atoms with E-state index in [0.29, 0.717) is 12.4 Å². The molecule has 0 spiro atoms. The molecule has 1 N–H and O–H groups in total. The molecule has 1 heterocycles. The Morgan fingerprint density at radius 3 is 2.55 bits per heavy atom. The average Bonchev–Trinajstić information content (AvgIpc) is 2.78. The zero-order valence-corrected chi connectivity index (χ0v) is 11.7. The third-order valence-electron chi connectivity index (χ3n) is 3.00. The quantitative estimate of drug-likeness (QED) is 0.667. The summed E-state index contributed by atoms with van der Waals surface area (Å²) in [6, 6.07) is 8.00. The Morgan fingerprint density at radius 2 is 2.00 bits per heavy atom. The SMILES string of the molecule is CN(C)c1ccc(CNc2c([N+](=O)[O-])ncn2C)cc1. The van der Waals surface area contributed by atoms with Crippen LogP contribution in [0.5, 0.6) is 0 Å². The minimum Gasteiger partial charge on any atom is -0.378 e. The fraction of sp³-hybridized carbons (Fsp3) is 0.308. The van der Waals surface area contributed by atoms with Crippen LogP contribution in [0, 0.1) is 10.1 Å². The van der Waals surface area contributed by atoms with Gasteiger partial charge in [-0.15, -0.1) is 0 Å². The van der Waals surface area contributed by atoms with Crippen molar-refractivity contribution < 1.29 is 4.92 Å². The molecule has 0 bridgehead atoms. The highest BCUT2D eigenvalue weighted by Crippen LogP contribution is 2.22. The standard InChI is InChI=1S/C13H17N5O2/c1-16(2)11-6-4-10(5-7-11)8-14-12-13(18(19)20)15-9-17(12)3/h4-7,9,14H,8H2,1-3H3. The van der Waals surface area contributed by atoms with Gasteiger partial charge in [0.25, 0.3) is 0 Å². The van der Waals surface area contributed by atoms with E-state index in [0.717, 1.165) is 11.3 Å². The molecule has 1 aromatic carbocycles. The summed E-state index contributed by atoms with van der Waals surface area (Å²) in [5, 5.41) is 13.9. The summed E-state index contributed by atoms with van der Waals surface area (Å²) in [6.07, 6.45) is 1.43. The number of hydrogen-bond acceptors (Lipinski definition) is 5. The minimum atomic E-state index is -0.489. The van der Waals surface area contributed by atoms with Crippen molar-refractivity contribution in [2.45, 2.75) is 6.54 Å². The van der Waals surface area contributed by atoms with E-state index < -0.39 is 4.92 Å². The molecule has 0 unspecified atom stereocenters. The summed E-state index contributed by atoms with van der Waals surface area (Å²) in [5.74, 6) is 0.254. The van der Waals surface area contributed by atoms with Crippen LogP contribution in [0.4, 0.5) is 17.3 Å². The number of benzene rings is 1. The van der Waals surface area contributed by atoms with Crippen LogP contribution in [-0.4, -0.2) is 28.6 Å². The summed E-state index contributed by atoms with van der Waals surface area (Å²) < 4.78 is 1.60. The van der Waals surface area contributed by atoms with Crippen molar-refractivity contribution in [3.05, 3.63) is 46.3 Å². The summed E-state index contributed by atoms with van der Waals surface area (Å²) in [6.45, 7) is 0.508. The summed E-state index contributed by atoms with van der Waals surface area (Å²) in [5.41, 5.74) is 2.16. The van der Waals surface area contributed by atoms with Gasteiger partial charge in [-0.25, -0.2) is 0 Å². The Balaban J connectivity index is 2.09. The fourth-order valence-corrected chi connectivity index (χ4v) is 1.85. The Hall–Kier alpha value is -2.57. The van der Waals surface area contributed by atoms with E-state index in [2.05, 4.69) is 10.3 Å². The molecule has 0 fully saturated rings. The summed E-state index contributed by atoms with van der Waals surface area (Å²) in [4.78, 5) is 16.1. The number of aromatic nitrogens is 2. The van der Waals surface area contributed by atoms with Crippen LogP contribution in [0.2, 0.25) is 0 Å². The van der Waals surface area contributed by atoms with Gasteiger partial charge in [-0.3, -0.25) is 4.57 Å². The Labute approximate surface area is 117 Å². The highest BCUT2D eigenvalue weighted by molar-refractivity contribution is 5.53. The van der Waals surface area contributed by atoms with Crippen LogP contribution in [0.15, 0.2) is 30.6 Å². The highest BCUT2D eigenvalue weighted by Gasteiger charge is 2.19. The molecule has 0 atom stereocenters. The van der Waals surface area contributed by atoms with Crippen LogP contribution < -0.4 is 10.2 Å². The second-order valence-corrected chi connectivity index (χ2v) is 4.70. The number of aryl methyl sites for hydroxylation is 1. The van der Waals surface area contributed by atoms with Crippen molar-refractivity contribution >= 4 is 17.3 Å². The van der Waals surface area contributed by atoms with Gasteiger partial charge in [0, 0.05) is 33.4 Å². The number of imidazole rings is 1. The van der Waals surface area contributed by atoms with E-state index in [1.165, 1.54) is 6.33 Å². The Kier molecular flexibility index (Phi) is 3.88. The normalized spacial score (nSPS) is 10.3. The molecule has 0 radical (unpaired) electrons. The van der Waals surface area contributed by atoms with E-state index in [4.69, 9.17) is 0 Å². The van der Waals surface area contributed by atoms with Gasteiger partial charge in [0.1, 0.15) is 0 Å². The van der Waals surface area contributed by atoms with Crippen LogP contribution in [0.3, 0.4) is 0 Å². The number of nitrogens with zero attached hydrogens (tertiary/aromatic N) is 4. The number of rotatable bonds is 5. The maximum atomic E-state index is 10.9. The topological polar surface area (TPSA) is 76.2 Å². The van der Waals surface area contributed by atoms with Crippen LogP contribution >= 0.6 is 0 Å². The van der Waals surface area contributed by atoms with E-state index in [1.807, 2.05) is 43.3 Å². The molecule has 7 nitrogen and oxygen atoms in total. The molecule has 106 valence electrons. The van der Waals surface area contributed by atoms with Gasteiger partial charge in [-0.1, -0.05) is 12.1 Å². The van der Waals surface area contributed by atoms with Gasteiger partial charge < -0.3 is 20.3 Å². The monoisotopic (exact) mass is 275 g/mol. The van der Waals surface area contributed by atoms with Gasteiger partial charge in [0.15, 0.2) is 0 Å². The molecule has 0 aliphatic carbocycles. The zero-order chi connectivity index (χ0) is 14.7. The smallest absolute Gasteiger partial charge is 0.378 e. The van der Waals surface area contributed by atoms with Crippen molar-refractivity contribution in [3.8, 4) is 0 Å². The highest BCUT2D eigenvalue weighted by atomic mass is 16.6. The first-order valence-corrected chi connectivity index (χ1v) is 6.15. The molecule has 2 aromatic rings. The lowest BCUT2D eigenvalue weighted by Crippen LogP contribution is -2.09. The molecule has 0 saturated carbocycles. The van der Waals surface area contributed by atoms with Gasteiger partial charge in [-0.05, 0) is 27.6 Å². The number of nitrogens with one attached hydrogen (secondary N) is 1. The molecule has 1 aromatic heterocycles. The first kappa shape index (κ1) is 13.9. The molecule has 7 heteroatoms. The van der Waals surface area contributed by atoms with Gasteiger partial charge in [-0.2, -0.15) is 0 Å². The average molecular weight is 275 g/mol. The first-order chi connectivity index (χ1) is 9.49. The minimum absolute atomic E-state index is 0.155. The molecule has 0 aliphatic rings. The summed E-state index contributed by atoms with van der Waals surface area (Å²) >= 11 is 0. The fourth-order valence-electron chi connectivity index (χ4n) is 1.85. The van der Waals surface area contributed by atoms with Crippen LogP contribution in [0.25, 0.3) is 0 Å². The maximum absolute atomic E-state index is 10.9. The third-order valence-corrected chi connectivity index (χ3v) is 3.00. The zero-order valence-electron chi connectivity index (χ0n) is 11.7. The van der Waals surface area contributed by atoms with Crippen molar-refractivity contribution in [1.82, 2.24) is 9.55 Å². The maximum Gasteiger partial charge on any atom is 0.406 e. The van der Waals surface area contributed by atoms with Crippen LogP contribution in [-0.2, 0) is 13.6 Å². The first-order valence-electron chi connectivity index (χ1n) is 6.15. The van der Waals surface area contributed by atoms with Gasteiger partial charge in [0.2, 0.25) is 12.1 Å². The Bertz CT molecular complexity index is 604.